The second-order valence-electron chi connectivity index (χ2n) is 6.47. The summed E-state index contributed by atoms with van der Waals surface area (Å²) < 4.78 is 10.6. The van der Waals surface area contributed by atoms with Crippen LogP contribution in [0.2, 0.25) is 0 Å². The minimum atomic E-state index is -0.554. The van der Waals surface area contributed by atoms with Gasteiger partial charge in [-0.25, -0.2) is 4.79 Å². The van der Waals surface area contributed by atoms with Crippen molar-refractivity contribution >= 4 is 6.03 Å². The molecular weight excluding hydrogens is 316 g/mol. The highest BCUT2D eigenvalue weighted by molar-refractivity contribution is 5.75. The van der Waals surface area contributed by atoms with Gasteiger partial charge < -0.3 is 19.7 Å². The van der Waals surface area contributed by atoms with Crippen LogP contribution in [0.3, 0.4) is 0 Å². The summed E-state index contributed by atoms with van der Waals surface area (Å²) in [7, 11) is 4.98. The number of carbonyl (C=O) groups is 1. The molecule has 0 fully saturated rings. The van der Waals surface area contributed by atoms with Gasteiger partial charge in [0, 0.05) is 13.6 Å². The van der Waals surface area contributed by atoms with Gasteiger partial charge >= 0.3 is 6.03 Å². The number of hydrogen-bond acceptors (Lipinski definition) is 3. The van der Waals surface area contributed by atoms with E-state index in [-0.39, 0.29) is 6.03 Å². The molecule has 2 rings (SSSR count). The predicted octanol–water partition coefficient (Wildman–Crippen LogP) is 3.78. The van der Waals surface area contributed by atoms with Gasteiger partial charge in [0.25, 0.3) is 0 Å². The zero-order valence-corrected chi connectivity index (χ0v) is 15.5. The molecule has 2 aromatic rings. The quantitative estimate of drug-likeness (QED) is 0.869. The van der Waals surface area contributed by atoms with Crippen LogP contribution in [0.25, 0.3) is 0 Å². The van der Waals surface area contributed by atoms with Crippen molar-refractivity contribution in [3.63, 3.8) is 0 Å². The Kier molecular flexibility index (Phi) is 5.91. The molecule has 2 aromatic carbocycles. The number of amides is 2. The van der Waals surface area contributed by atoms with Gasteiger partial charge in [-0.1, -0.05) is 36.4 Å². The second-order valence-corrected chi connectivity index (χ2v) is 6.47. The molecular formula is C20H26N2O3. The van der Waals surface area contributed by atoms with Crippen molar-refractivity contribution in [2.45, 2.75) is 25.9 Å². The molecule has 0 saturated heterocycles. The van der Waals surface area contributed by atoms with Crippen molar-refractivity contribution in [2.24, 2.45) is 0 Å². The molecule has 0 aliphatic heterocycles. The zero-order chi connectivity index (χ0) is 18.4. The van der Waals surface area contributed by atoms with E-state index in [1.807, 2.05) is 62.4 Å². The predicted molar refractivity (Wildman–Crippen MR) is 99.0 cm³/mol. The van der Waals surface area contributed by atoms with E-state index < -0.39 is 5.54 Å². The van der Waals surface area contributed by atoms with Crippen molar-refractivity contribution in [2.75, 3.05) is 21.3 Å². The standard InChI is InChI=1S/C20H26N2O3/c1-20(2,16-11-12-17(24-4)18(13-16)25-5)21-19(23)22(3)14-15-9-7-6-8-10-15/h6-13H,14H2,1-5H3,(H,21,23). The van der Waals surface area contributed by atoms with Crippen molar-refractivity contribution in [3.8, 4) is 11.5 Å². The largest absolute Gasteiger partial charge is 0.493 e. The van der Waals surface area contributed by atoms with Crippen molar-refractivity contribution in [3.05, 3.63) is 59.7 Å². The molecule has 0 aliphatic rings. The Balaban J connectivity index is 2.10. The highest BCUT2D eigenvalue weighted by Gasteiger charge is 2.25. The SMILES string of the molecule is COc1ccc(C(C)(C)NC(=O)N(C)Cc2ccccc2)cc1OC. The summed E-state index contributed by atoms with van der Waals surface area (Å²) in [5.41, 5.74) is 1.47. The molecule has 0 unspecified atom stereocenters. The molecule has 0 aliphatic carbocycles. The first-order valence-electron chi connectivity index (χ1n) is 8.17. The molecule has 1 N–H and O–H groups in total. The van der Waals surface area contributed by atoms with E-state index in [1.165, 1.54) is 0 Å². The van der Waals surface area contributed by atoms with E-state index in [9.17, 15) is 4.79 Å². The first kappa shape index (κ1) is 18.6. The molecule has 0 heterocycles. The fourth-order valence-corrected chi connectivity index (χ4v) is 2.59. The van der Waals surface area contributed by atoms with Gasteiger partial charge in [-0.05, 0) is 37.1 Å². The molecule has 2 amide bonds. The van der Waals surface area contributed by atoms with Gasteiger partial charge in [0.1, 0.15) is 0 Å². The summed E-state index contributed by atoms with van der Waals surface area (Å²) in [5.74, 6) is 1.30. The smallest absolute Gasteiger partial charge is 0.318 e. The van der Waals surface area contributed by atoms with Crippen LogP contribution < -0.4 is 14.8 Å². The molecule has 0 aromatic heterocycles. The van der Waals surface area contributed by atoms with E-state index in [0.717, 1.165) is 11.1 Å². The van der Waals surface area contributed by atoms with E-state index in [4.69, 9.17) is 9.47 Å². The second kappa shape index (κ2) is 7.92. The third kappa shape index (κ3) is 4.66. The lowest BCUT2D eigenvalue weighted by molar-refractivity contribution is 0.195. The highest BCUT2D eigenvalue weighted by atomic mass is 16.5. The first-order chi connectivity index (χ1) is 11.9. The van der Waals surface area contributed by atoms with Crippen molar-refractivity contribution in [1.29, 1.82) is 0 Å². The van der Waals surface area contributed by atoms with Gasteiger partial charge in [-0.15, -0.1) is 0 Å². The number of urea groups is 1. The van der Waals surface area contributed by atoms with Gasteiger partial charge in [-0.2, -0.15) is 0 Å². The number of benzene rings is 2. The topological polar surface area (TPSA) is 50.8 Å². The first-order valence-corrected chi connectivity index (χ1v) is 8.17. The Morgan fingerprint density at radius 2 is 1.68 bits per heavy atom. The van der Waals surface area contributed by atoms with Crippen LogP contribution in [0, 0.1) is 0 Å². The van der Waals surface area contributed by atoms with Crippen LogP contribution >= 0.6 is 0 Å². The van der Waals surface area contributed by atoms with Crippen LogP contribution in [0.15, 0.2) is 48.5 Å². The Labute approximate surface area is 149 Å². The van der Waals surface area contributed by atoms with Crippen LogP contribution in [0.1, 0.15) is 25.0 Å². The van der Waals surface area contributed by atoms with Gasteiger partial charge in [0.15, 0.2) is 11.5 Å². The summed E-state index contributed by atoms with van der Waals surface area (Å²) in [4.78, 5) is 14.2. The molecule has 0 radical (unpaired) electrons. The Morgan fingerprint density at radius 1 is 1.04 bits per heavy atom. The molecule has 0 bridgehead atoms. The maximum Gasteiger partial charge on any atom is 0.318 e. The highest BCUT2D eigenvalue weighted by Crippen LogP contribution is 2.32. The minimum Gasteiger partial charge on any atom is -0.493 e. The number of rotatable bonds is 6. The van der Waals surface area contributed by atoms with Crippen LogP contribution in [0.5, 0.6) is 11.5 Å². The van der Waals surface area contributed by atoms with Crippen molar-refractivity contribution in [1.82, 2.24) is 10.2 Å². The molecule has 25 heavy (non-hydrogen) atoms. The van der Waals surface area contributed by atoms with E-state index in [1.54, 1.807) is 26.2 Å². The summed E-state index contributed by atoms with van der Waals surface area (Å²) in [6.07, 6.45) is 0. The zero-order valence-electron chi connectivity index (χ0n) is 15.5. The lowest BCUT2D eigenvalue weighted by Crippen LogP contribution is -2.46. The number of nitrogens with zero attached hydrogens (tertiary/aromatic N) is 1. The fraction of sp³-hybridized carbons (Fsp3) is 0.350. The minimum absolute atomic E-state index is 0.136. The molecule has 5 heteroatoms. The molecule has 0 spiro atoms. The van der Waals surface area contributed by atoms with Crippen LogP contribution in [-0.4, -0.2) is 32.2 Å². The summed E-state index contributed by atoms with van der Waals surface area (Å²) in [6, 6.07) is 15.4. The molecule has 134 valence electrons. The summed E-state index contributed by atoms with van der Waals surface area (Å²) in [6.45, 7) is 4.47. The number of methoxy groups -OCH3 is 2. The average Bonchev–Trinajstić information content (AvgIpc) is 2.61. The molecule has 0 atom stereocenters. The average molecular weight is 342 g/mol. The van der Waals surface area contributed by atoms with E-state index in [2.05, 4.69) is 5.32 Å². The molecule has 5 nitrogen and oxygen atoms in total. The maximum atomic E-state index is 12.6. The van der Waals surface area contributed by atoms with E-state index >= 15 is 0 Å². The molecule has 0 saturated carbocycles. The number of ether oxygens (including phenoxy) is 2. The third-order valence-corrected chi connectivity index (χ3v) is 4.13. The number of nitrogens with one attached hydrogen (secondary N) is 1. The van der Waals surface area contributed by atoms with E-state index in [0.29, 0.717) is 18.0 Å². The summed E-state index contributed by atoms with van der Waals surface area (Å²) >= 11 is 0. The third-order valence-electron chi connectivity index (χ3n) is 4.13. The van der Waals surface area contributed by atoms with Gasteiger partial charge in [-0.3, -0.25) is 0 Å². The lowest BCUT2D eigenvalue weighted by Gasteiger charge is -2.30. The van der Waals surface area contributed by atoms with Crippen molar-refractivity contribution < 1.29 is 14.3 Å². The number of hydrogen-bond donors (Lipinski definition) is 1. The maximum absolute atomic E-state index is 12.6. The Hall–Kier alpha value is -2.69. The van der Waals surface area contributed by atoms with Crippen LogP contribution in [0.4, 0.5) is 4.79 Å². The van der Waals surface area contributed by atoms with Gasteiger partial charge in [0.05, 0.1) is 19.8 Å². The van der Waals surface area contributed by atoms with Crippen LogP contribution in [-0.2, 0) is 12.1 Å². The lowest BCUT2D eigenvalue weighted by atomic mass is 9.94. The Morgan fingerprint density at radius 3 is 2.28 bits per heavy atom. The Bertz CT molecular complexity index is 714. The monoisotopic (exact) mass is 342 g/mol. The normalized spacial score (nSPS) is 10.9. The summed E-state index contributed by atoms with van der Waals surface area (Å²) in [5, 5.41) is 3.07. The number of carbonyl (C=O) groups excluding carboxylic acids is 1. The van der Waals surface area contributed by atoms with Gasteiger partial charge in [0.2, 0.25) is 0 Å². The fourth-order valence-electron chi connectivity index (χ4n) is 2.59.